The van der Waals surface area contributed by atoms with Crippen molar-refractivity contribution >= 4 is 23.5 Å². The monoisotopic (exact) mass is 436 g/mol. The quantitative estimate of drug-likeness (QED) is 0.315. The molecular weight excluding hydrogens is 404 g/mol. The third-order valence-electron chi connectivity index (χ3n) is 5.04. The molecule has 7 N–H and O–H groups in total. The Morgan fingerprint density at radius 2 is 2.00 bits per heavy atom. The lowest BCUT2D eigenvalue weighted by atomic mass is 9.80. The van der Waals surface area contributed by atoms with E-state index in [-0.39, 0.29) is 37.6 Å². The van der Waals surface area contributed by atoms with Crippen LogP contribution in [0.2, 0.25) is 0 Å². The number of hydrogen-bond donors (Lipinski definition) is 7. The van der Waals surface area contributed by atoms with Crippen LogP contribution in [0.4, 0.5) is 5.69 Å². The van der Waals surface area contributed by atoms with Gasteiger partial charge < -0.3 is 36.4 Å². The number of phenolic OH excluding ortho intramolecular Hbond substituents is 1. The summed E-state index contributed by atoms with van der Waals surface area (Å²) in [6, 6.07) is 4.52. The zero-order valence-corrected chi connectivity index (χ0v) is 18.1. The molecule has 0 aliphatic carbocycles. The summed E-state index contributed by atoms with van der Waals surface area (Å²) in [6.45, 7) is 6.02. The van der Waals surface area contributed by atoms with E-state index in [9.17, 15) is 30.0 Å². The molecule has 0 aromatic heterocycles. The van der Waals surface area contributed by atoms with Crippen molar-refractivity contribution in [2.24, 2.45) is 16.3 Å². The van der Waals surface area contributed by atoms with Gasteiger partial charge in [-0.2, -0.15) is 0 Å². The molecule has 0 spiro atoms. The fourth-order valence-corrected chi connectivity index (χ4v) is 3.15. The van der Waals surface area contributed by atoms with Crippen molar-refractivity contribution in [1.82, 2.24) is 10.6 Å². The number of carboxylic acid groups (broad SMARTS) is 1. The van der Waals surface area contributed by atoms with Crippen LogP contribution in [-0.2, 0) is 9.59 Å². The van der Waals surface area contributed by atoms with Crippen LogP contribution >= 0.6 is 0 Å². The van der Waals surface area contributed by atoms with Gasteiger partial charge in [0.1, 0.15) is 5.75 Å². The van der Waals surface area contributed by atoms with Gasteiger partial charge in [-0.3, -0.25) is 14.6 Å². The van der Waals surface area contributed by atoms with Gasteiger partial charge in [0.2, 0.25) is 5.91 Å². The maximum Gasteiger partial charge on any atom is 0.308 e. The lowest BCUT2D eigenvalue weighted by Gasteiger charge is -2.27. The SMILES string of the molecule is CC(C)(C)C(CNC(=O)CCC(O)c1cc(O)cc(NC2=NCC(O)CN2)c1)C(=O)O. The van der Waals surface area contributed by atoms with Crippen molar-refractivity contribution in [3.63, 3.8) is 0 Å². The number of aromatic hydroxyl groups is 1. The van der Waals surface area contributed by atoms with Crippen molar-refractivity contribution in [2.45, 2.75) is 45.8 Å². The van der Waals surface area contributed by atoms with Gasteiger partial charge >= 0.3 is 5.97 Å². The number of aliphatic hydroxyl groups excluding tert-OH is 2. The highest BCUT2D eigenvalue weighted by atomic mass is 16.4. The molecule has 1 aliphatic rings. The van der Waals surface area contributed by atoms with Gasteiger partial charge in [-0.05, 0) is 29.5 Å². The van der Waals surface area contributed by atoms with Gasteiger partial charge in [-0.15, -0.1) is 0 Å². The molecule has 172 valence electrons. The lowest BCUT2D eigenvalue weighted by molar-refractivity contribution is -0.145. The van der Waals surface area contributed by atoms with E-state index < -0.39 is 29.5 Å². The highest BCUT2D eigenvalue weighted by molar-refractivity contribution is 5.94. The number of aliphatic carboxylic acids is 1. The molecular formula is C21H32N4O6. The van der Waals surface area contributed by atoms with Crippen LogP contribution < -0.4 is 16.0 Å². The van der Waals surface area contributed by atoms with E-state index >= 15 is 0 Å². The predicted octanol–water partition coefficient (Wildman–Crippen LogP) is 0.801. The van der Waals surface area contributed by atoms with Crippen LogP contribution in [0.5, 0.6) is 5.75 Å². The highest BCUT2D eigenvalue weighted by Gasteiger charge is 2.31. The second-order valence-electron chi connectivity index (χ2n) is 8.78. The molecule has 2 rings (SSSR count). The van der Waals surface area contributed by atoms with Crippen molar-refractivity contribution < 1.29 is 30.0 Å². The number of phenols is 1. The number of hydrogen-bond acceptors (Lipinski definition) is 8. The smallest absolute Gasteiger partial charge is 0.308 e. The summed E-state index contributed by atoms with van der Waals surface area (Å²) >= 11 is 0. The van der Waals surface area contributed by atoms with Gasteiger partial charge in [0.25, 0.3) is 0 Å². The minimum absolute atomic E-state index is 0.00220. The number of benzene rings is 1. The first-order chi connectivity index (χ1) is 14.5. The number of guanidine groups is 1. The highest BCUT2D eigenvalue weighted by Crippen LogP contribution is 2.27. The zero-order valence-electron chi connectivity index (χ0n) is 18.1. The first-order valence-corrected chi connectivity index (χ1v) is 10.2. The van der Waals surface area contributed by atoms with Gasteiger partial charge in [0.15, 0.2) is 5.96 Å². The second-order valence-corrected chi connectivity index (χ2v) is 8.78. The molecule has 0 bridgehead atoms. The number of aliphatic hydroxyl groups is 2. The summed E-state index contributed by atoms with van der Waals surface area (Å²) in [5.41, 5.74) is 0.416. The summed E-state index contributed by atoms with van der Waals surface area (Å²) in [5.74, 6) is -1.66. The number of nitrogens with one attached hydrogen (secondary N) is 3. The zero-order chi connectivity index (χ0) is 23.2. The minimum Gasteiger partial charge on any atom is -0.508 e. The Balaban J connectivity index is 1.91. The maximum atomic E-state index is 12.1. The Bertz CT molecular complexity index is 821. The van der Waals surface area contributed by atoms with Crippen LogP contribution in [0.25, 0.3) is 0 Å². The van der Waals surface area contributed by atoms with E-state index in [2.05, 4.69) is 20.9 Å². The molecule has 1 aliphatic heterocycles. The van der Waals surface area contributed by atoms with Gasteiger partial charge in [0, 0.05) is 31.3 Å². The molecule has 0 radical (unpaired) electrons. The van der Waals surface area contributed by atoms with Crippen molar-refractivity contribution in [3.05, 3.63) is 23.8 Å². The summed E-state index contributed by atoms with van der Waals surface area (Å²) < 4.78 is 0. The number of carbonyl (C=O) groups excluding carboxylic acids is 1. The van der Waals surface area contributed by atoms with E-state index in [1.54, 1.807) is 26.8 Å². The molecule has 3 unspecified atom stereocenters. The molecule has 0 saturated carbocycles. The van der Waals surface area contributed by atoms with Crippen LogP contribution in [-0.4, -0.2) is 64.0 Å². The third kappa shape index (κ3) is 7.72. The summed E-state index contributed by atoms with van der Waals surface area (Å²) in [6.07, 6.45) is -1.44. The standard InChI is InChI=1S/C21H32N4O6/c1-21(2,3)16(19(30)31)11-22-18(29)5-4-17(28)12-6-13(8-14(26)7-12)25-20-23-9-15(27)10-24-20/h6-8,15-17,26-28H,4-5,9-11H2,1-3H3,(H,22,29)(H,30,31)(H2,23,24,25). The van der Waals surface area contributed by atoms with Crippen LogP contribution in [0.1, 0.15) is 45.3 Å². The van der Waals surface area contributed by atoms with E-state index in [1.807, 2.05) is 0 Å². The van der Waals surface area contributed by atoms with Gasteiger partial charge in [-0.1, -0.05) is 20.8 Å². The van der Waals surface area contributed by atoms with Crippen molar-refractivity contribution in [2.75, 3.05) is 25.0 Å². The Kier molecular flexibility index (Phi) is 8.23. The number of nitrogens with zero attached hydrogens (tertiary/aromatic N) is 1. The fourth-order valence-electron chi connectivity index (χ4n) is 3.15. The van der Waals surface area contributed by atoms with E-state index in [0.29, 0.717) is 23.8 Å². The fraction of sp³-hybridized carbons (Fsp3) is 0.571. The molecule has 0 saturated heterocycles. The average Bonchev–Trinajstić information content (AvgIpc) is 2.66. The molecule has 3 atom stereocenters. The van der Waals surface area contributed by atoms with Crippen molar-refractivity contribution in [3.8, 4) is 5.75 Å². The van der Waals surface area contributed by atoms with E-state index in [0.717, 1.165) is 0 Å². The average molecular weight is 437 g/mol. The number of β-amino-alcohol motifs (C(OH)–C–C–N with tert-alkyl or cyclic N) is 1. The lowest BCUT2D eigenvalue weighted by Crippen LogP contribution is -2.42. The Hall–Kier alpha value is -2.85. The molecule has 10 heteroatoms. The summed E-state index contributed by atoms with van der Waals surface area (Å²) in [5, 5.41) is 47.7. The van der Waals surface area contributed by atoms with Gasteiger partial charge in [-0.25, -0.2) is 0 Å². The molecule has 0 fully saturated rings. The van der Waals surface area contributed by atoms with Crippen LogP contribution in [0.3, 0.4) is 0 Å². The molecule has 1 aromatic carbocycles. The summed E-state index contributed by atoms with van der Waals surface area (Å²) in [7, 11) is 0. The van der Waals surface area contributed by atoms with E-state index in [4.69, 9.17) is 0 Å². The number of carbonyl (C=O) groups is 2. The Morgan fingerprint density at radius 1 is 1.29 bits per heavy atom. The van der Waals surface area contributed by atoms with Crippen LogP contribution in [0.15, 0.2) is 23.2 Å². The number of rotatable bonds is 8. The summed E-state index contributed by atoms with van der Waals surface area (Å²) in [4.78, 5) is 27.7. The number of aliphatic imine (C=N–C) groups is 1. The molecule has 1 aromatic rings. The van der Waals surface area contributed by atoms with Crippen molar-refractivity contribution in [1.29, 1.82) is 0 Å². The molecule has 31 heavy (non-hydrogen) atoms. The third-order valence-corrected chi connectivity index (χ3v) is 5.04. The maximum absolute atomic E-state index is 12.1. The number of amides is 1. The van der Waals surface area contributed by atoms with E-state index in [1.165, 1.54) is 12.1 Å². The second kappa shape index (κ2) is 10.5. The first-order valence-electron chi connectivity index (χ1n) is 10.2. The minimum atomic E-state index is -1.00. The normalized spacial score (nSPS) is 18.4. The van der Waals surface area contributed by atoms with Crippen LogP contribution in [0, 0.1) is 11.3 Å². The number of anilines is 1. The molecule has 1 amide bonds. The first kappa shape index (κ1) is 24.4. The topological polar surface area (TPSA) is 164 Å². The Morgan fingerprint density at radius 3 is 2.58 bits per heavy atom. The molecule has 1 heterocycles. The molecule has 10 nitrogen and oxygen atoms in total. The largest absolute Gasteiger partial charge is 0.508 e. The number of carboxylic acids is 1. The predicted molar refractivity (Wildman–Crippen MR) is 116 cm³/mol. The van der Waals surface area contributed by atoms with Gasteiger partial charge in [0.05, 0.1) is 24.7 Å². The Labute approximate surface area is 181 Å².